The number of carbonyl (C=O) groups excluding carboxylic acids is 1. The molecule has 1 aliphatic rings. The molecule has 0 radical (unpaired) electrons. The van der Waals surface area contributed by atoms with Crippen molar-refractivity contribution >= 4 is 16.9 Å². The van der Waals surface area contributed by atoms with Crippen LogP contribution in [0, 0.1) is 0 Å². The second kappa shape index (κ2) is 9.40. The van der Waals surface area contributed by atoms with Crippen molar-refractivity contribution in [1.29, 1.82) is 0 Å². The molecule has 3 aromatic rings. The molecule has 2 N–H and O–H groups in total. The number of hydrogen-bond acceptors (Lipinski definition) is 5. The fraction of sp³-hybridized carbons (Fsp3) is 0.364. The quantitative estimate of drug-likeness (QED) is 0.601. The van der Waals surface area contributed by atoms with E-state index in [1.165, 1.54) is 0 Å². The minimum atomic E-state index is -2.69. The van der Waals surface area contributed by atoms with E-state index in [1.807, 2.05) is 24.3 Å². The number of benzene rings is 2. The highest BCUT2D eigenvalue weighted by Gasteiger charge is 2.24. The average Bonchev–Trinajstić information content (AvgIpc) is 3.24. The number of halogens is 2. The third-order valence-corrected chi connectivity index (χ3v) is 5.41. The SMILES string of the molecule is COc1ccc(C(CNC(=O)c2ccc3nc(C(F)F)[nH]c3c2)N2CCOCC2)cc1. The number of imidazole rings is 1. The summed E-state index contributed by atoms with van der Waals surface area (Å²) in [6, 6.07) is 12.5. The summed E-state index contributed by atoms with van der Waals surface area (Å²) in [6.07, 6.45) is -2.69. The summed E-state index contributed by atoms with van der Waals surface area (Å²) in [5, 5.41) is 2.98. The molecule has 1 aliphatic heterocycles. The van der Waals surface area contributed by atoms with Gasteiger partial charge in [0, 0.05) is 25.2 Å². The predicted octanol–water partition coefficient (Wildman–Crippen LogP) is 3.31. The normalized spacial score (nSPS) is 15.9. The van der Waals surface area contributed by atoms with Gasteiger partial charge in [-0.3, -0.25) is 9.69 Å². The van der Waals surface area contributed by atoms with E-state index in [4.69, 9.17) is 9.47 Å². The lowest BCUT2D eigenvalue weighted by Gasteiger charge is -2.35. The summed E-state index contributed by atoms with van der Waals surface area (Å²) in [5.74, 6) is 0.0888. The number of nitrogens with zero attached hydrogens (tertiary/aromatic N) is 2. The van der Waals surface area contributed by atoms with E-state index in [0.717, 1.165) is 24.4 Å². The Labute approximate surface area is 178 Å². The Hall–Kier alpha value is -3.04. The number of H-pyrrole nitrogens is 1. The first-order valence-electron chi connectivity index (χ1n) is 10.1. The summed E-state index contributed by atoms with van der Waals surface area (Å²) in [5.41, 5.74) is 2.25. The van der Waals surface area contributed by atoms with Gasteiger partial charge in [-0.1, -0.05) is 12.1 Å². The minimum absolute atomic E-state index is 0.0277. The van der Waals surface area contributed by atoms with Crippen molar-refractivity contribution in [2.45, 2.75) is 12.5 Å². The van der Waals surface area contributed by atoms with Crippen molar-refractivity contribution in [1.82, 2.24) is 20.2 Å². The molecule has 31 heavy (non-hydrogen) atoms. The van der Waals surface area contributed by atoms with E-state index in [0.29, 0.717) is 36.4 Å². The number of fused-ring (bicyclic) bond motifs is 1. The molecule has 1 saturated heterocycles. The van der Waals surface area contributed by atoms with Crippen LogP contribution in [-0.4, -0.2) is 60.7 Å². The largest absolute Gasteiger partial charge is 0.497 e. The van der Waals surface area contributed by atoms with Crippen molar-refractivity contribution < 1.29 is 23.0 Å². The number of amides is 1. The second-order valence-electron chi connectivity index (χ2n) is 7.30. The maximum atomic E-state index is 12.9. The van der Waals surface area contributed by atoms with Crippen molar-refractivity contribution in [3.63, 3.8) is 0 Å². The van der Waals surface area contributed by atoms with Gasteiger partial charge in [0.1, 0.15) is 5.75 Å². The summed E-state index contributed by atoms with van der Waals surface area (Å²) in [4.78, 5) is 21.5. The number of alkyl halides is 2. The van der Waals surface area contributed by atoms with Crippen LogP contribution >= 0.6 is 0 Å². The highest BCUT2D eigenvalue weighted by Crippen LogP contribution is 2.24. The van der Waals surface area contributed by atoms with Crippen molar-refractivity contribution in [2.75, 3.05) is 40.0 Å². The van der Waals surface area contributed by atoms with Gasteiger partial charge in [-0.05, 0) is 35.9 Å². The lowest BCUT2D eigenvalue weighted by molar-refractivity contribution is 0.0162. The van der Waals surface area contributed by atoms with Gasteiger partial charge >= 0.3 is 0 Å². The van der Waals surface area contributed by atoms with Gasteiger partial charge in [-0.25, -0.2) is 13.8 Å². The van der Waals surface area contributed by atoms with Crippen molar-refractivity contribution in [2.24, 2.45) is 0 Å². The lowest BCUT2D eigenvalue weighted by Crippen LogP contribution is -2.43. The van der Waals surface area contributed by atoms with Crippen LogP contribution in [0.1, 0.15) is 34.2 Å². The minimum Gasteiger partial charge on any atom is -0.497 e. The number of nitrogens with one attached hydrogen (secondary N) is 2. The molecular weight excluding hydrogens is 406 g/mol. The molecule has 0 saturated carbocycles. The first-order valence-corrected chi connectivity index (χ1v) is 10.1. The summed E-state index contributed by atoms with van der Waals surface area (Å²) < 4.78 is 36.4. The molecule has 7 nitrogen and oxygen atoms in total. The molecule has 1 unspecified atom stereocenters. The van der Waals surface area contributed by atoms with Gasteiger partial charge < -0.3 is 19.8 Å². The van der Waals surface area contributed by atoms with Crippen LogP contribution in [-0.2, 0) is 4.74 Å². The lowest BCUT2D eigenvalue weighted by atomic mass is 10.0. The van der Waals surface area contributed by atoms with E-state index < -0.39 is 12.2 Å². The Balaban J connectivity index is 1.50. The van der Waals surface area contributed by atoms with Crippen LogP contribution in [0.3, 0.4) is 0 Å². The fourth-order valence-electron chi connectivity index (χ4n) is 3.74. The average molecular weight is 430 g/mol. The smallest absolute Gasteiger partial charge is 0.295 e. The Bertz CT molecular complexity index is 1030. The standard InChI is InChI=1S/C22H24F2N4O3/c1-30-16-5-2-14(3-6-16)19(28-8-10-31-11-9-28)13-25-22(29)15-4-7-17-18(12-15)27-21(26-17)20(23)24/h2-7,12,19-20H,8-11,13H2,1H3,(H,25,29)(H,26,27). The van der Waals surface area contributed by atoms with Crippen molar-refractivity contribution in [3.05, 3.63) is 59.4 Å². The van der Waals surface area contributed by atoms with Gasteiger partial charge in [0.05, 0.1) is 37.4 Å². The molecule has 1 amide bonds. The first-order chi connectivity index (χ1) is 15.0. The molecule has 1 aromatic heterocycles. The molecular formula is C22H24F2N4O3. The number of morpholine rings is 1. The monoisotopic (exact) mass is 430 g/mol. The predicted molar refractivity (Wildman–Crippen MR) is 112 cm³/mol. The second-order valence-corrected chi connectivity index (χ2v) is 7.30. The highest BCUT2D eigenvalue weighted by molar-refractivity contribution is 5.97. The summed E-state index contributed by atoms with van der Waals surface area (Å²) in [7, 11) is 1.62. The van der Waals surface area contributed by atoms with Crippen molar-refractivity contribution in [3.8, 4) is 5.75 Å². The Kier molecular flexibility index (Phi) is 6.43. The Morgan fingerprint density at radius 2 is 1.97 bits per heavy atom. The maximum Gasteiger partial charge on any atom is 0.295 e. The molecule has 9 heteroatoms. The van der Waals surface area contributed by atoms with Crippen LogP contribution in [0.4, 0.5) is 8.78 Å². The van der Waals surface area contributed by atoms with Gasteiger partial charge in [0.15, 0.2) is 5.82 Å². The third-order valence-electron chi connectivity index (χ3n) is 5.41. The van der Waals surface area contributed by atoms with E-state index in [2.05, 4.69) is 20.2 Å². The van der Waals surface area contributed by atoms with Gasteiger partial charge in [-0.15, -0.1) is 0 Å². The van der Waals surface area contributed by atoms with E-state index in [9.17, 15) is 13.6 Å². The molecule has 2 aromatic carbocycles. The summed E-state index contributed by atoms with van der Waals surface area (Å²) >= 11 is 0. The third kappa shape index (κ3) is 4.83. The molecule has 0 bridgehead atoms. The van der Waals surface area contributed by atoms with Gasteiger partial charge in [-0.2, -0.15) is 0 Å². The molecule has 0 aliphatic carbocycles. The topological polar surface area (TPSA) is 79.5 Å². The fourth-order valence-corrected chi connectivity index (χ4v) is 3.74. The van der Waals surface area contributed by atoms with E-state index in [1.54, 1.807) is 25.3 Å². The summed E-state index contributed by atoms with van der Waals surface area (Å²) in [6.45, 7) is 3.22. The number of aromatic amines is 1. The number of aromatic nitrogens is 2. The Morgan fingerprint density at radius 3 is 2.65 bits per heavy atom. The Morgan fingerprint density at radius 1 is 1.23 bits per heavy atom. The zero-order valence-corrected chi connectivity index (χ0v) is 17.1. The van der Waals surface area contributed by atoms with Gasteiger partial charge in [0.2, 0.25) is 0 Å². The van der Waals surface area contributed by atoms with Gasteiger partial charge in [0.25, 0.3) is 12.3 Å². The molecule has 1 atom stereocenters. The van der Waals surface area contributed by atoms with E-state index in [-0.39, 0.29) is 11.9 Å². The van der Waals surface area contributed by atoms with Crippen LogP contribution in [0.15, 0.2) is 42.5 Å². The number of rotatable bonds is 7. The first kappa shape index (κ1) is 21.2. The zero-order valence-electron chi connectivity index (χ0n) is 17.1. The molecule has 0 spiro atoms. The van der Waals surface area contributed by atoms with E-state index >= 15 is 0 Å². The number of ether oxygens (including phenoxy) is 2. The highest BCUT2D eigenvalue weighted by atomic mass is 19.3. The molecule has 2 heterocycles. The number of carbonyl (C=O) groups is 1. The van der Waals surface area contributed by atoms with Crippen LogP contribution in [0.2, 0.25) is 0 Å². The van der Waals surface area contributed by atoms with Crippen LogP contribution in [0.5, 0.6) is 5.75 Å². The van der Waals surface area contributed by atoms with Crippen LogP contribution in [0.25, 0.3) is 11.0 Å². The molecule has 1 fully saturated rings. The zero-order chi connectivity index (χ0) is 21.8. The molecule has 164 valence electrons. The molecule has 4 rings (SSSR count). The number of hydrogen-bond donors (Lipinski definition) is 2. The maximum absolute atomic E-state index is 12.9. The number of methoxy groups -OCH3 is 1. The van der Waals surface area contributed by atoms with Crippen LogP contribution < -0.4 is 10.1 Å².